The van der Waals surface area contributed by atoms with Crippen molar-refractivity contribution in [1.82, 2.24) is 25.2 Å². The quantitative estimate of drug-likeness (QED) is 0.116. The summed E-state index contributed by atoms with van der Waals surface area (Å²) in [7, 11) is -2.80. The van der Waals surface area contributed by atoms with Crippen LogP contribution in [0.5, 0.6) is 11.5 Å². The zero-order valence-electron chi connectivity index (χ0n) is 37.2. The Balaban J connectivity index is 1.20. The van der Waals surface area contributed by atoms with E-state index < -0.39 is 85.1 Å². The summed E-state index contributed by atoms with van der Waals surface area (Å²) >= 11 is 0. The molecule has 3 N–H and O–H groups in total. The van der Waals surface area contributed by atoms with Crippen LogP contribution in [0.25, 0.3) is 22.2 Å². The first-order chi connectivity index (χ1) is 30.1. The van der Waals surface area contributed by atoms with Crippen LogP contribution in [0.1, 0.15) is 72.8 Å². The van der Waals surface area contributed by atoms with E-state index in [0.29, 0.717) is 28.1 Å². The maximum Gasteiger partial charge on any atom is 0.408 e. The Morgan fingerprint density at radius 2 is 1.67 bits per heavy atom. The number of rotatable bonds is 14. The SMILES string of the molecule is C=C[C@H]1C[C@@]1(NC(=O)[C@@H]1C[C@@H](Oc2cc(-c3ccccc3)nc3cc(OC)ccc23)CN1C(=O)[C@@H](NC(=O)OC(C)(C)C)C(C)(C)C)C(=O)NS(=O)(=O)C1(Cc2ccccc2F)CC1. The number of fused-ring (bicyclic) bond motifs is 1. The van der Waals surface area contributed by atoms with Crippen molar-refractivity contribution in [3.05, 3.63) is 103 Å². The van der Waals surface area contributed by atoms with Gasteiger partial charge in [0.2, 0.25) is 21.8 Å². The molecule has 3 aliphatic rings. The van der Waals surface area contributed by atoms with Gasteiger partial charge in [-0.15, -0.1) is 6.58 Å². The Morgan fingerprint density at radius 1 is 0.984 bits per heavy atom. The van der Waals surface area contributed by atoms with Crippen molar-refractivity contribution in [2.75, 3.05) is 13.7 Å². The van der Waals surface area contributed by atoms with Crippen molar-refractivity contribution in [2.45, 2.75) is 108 Å². The molecule has 0 bridgehead atoms. The predicted molar refractivity (Wildman–Crippen MR) is 239 cm³/mol. The standard InChI is InChI=1S/C48H56FN5O9S/c1-9-31-27-48(31,43(57)53-64(59,60)47(21-22-47)26-30-17-13-14-18-35(30)49)52-41(55)38-24-33(28-54(38)42(56)40(45(2,3)4)51-44(58)63-46(5,6)7)62-39-25-36(29-15-11-10-12-16-29)50-37-23-32(61-8)19-20-34(37)39/h9-20,23,25,31,33,38,40H,1,21-22,24,26-28H2,2-8H3,(H,51,58)(H,52,55)(H,53,57)/t31-,33+,38-,40+,48-/m0/s1. The number of carbonyl (C=O) groups is 4. The molecule has 3 aromatic carbocycles. The van der Waals surface area contributed by atoms with Crippen LogP contribution in [0.2, 0.25) is 0 Å². The minimum absolute atomic E-state index is 0.0397. The number of nitrogens with zero attached hydrogens (tertiary/aromatic N) is 2. The van der Waals surface area contributed by atoms with Crippen molar-refractivity contribution in [1.29, 1.82) is 0 Å². The van der Waals surface area contributed by atoms with E-state index >= 15 is 0 Å². The van der Waals surface area contributed by atoms with Gasteiger partial charge < -0.3 is 29.7 Å². The predicted octanol–water partition coefficient (Wildman–Crippen LogP) is 6.62. The lowest BCUT2D eigenvalue weighted by molar-refractivity contribution is -0.143. The van der Waals surface area contributed by atoms with Crippen molar-refractivity contribution >= 4 is 44.7 Å². The van der Waals surface area contributed by atoms with Crippen molar-refractivity contribution < 1.29 is 46.2 Å². The van der Waals surface area contributed by atoms with Gasteiger partial charge in [-0.25, -0.2) is 22.6 Å². The molecule has 1 aliphatic heterocycles. The Kier molecular flexibility index (Phi) is 12.3. The molecule has 3 fully saturated rings. The fourth-order valence-electron chi connectivity index (χ4n) is 8.28. The smallest absolute Gasteiger partial charge is 0.408 e. The van der Waals surface area contributed by atoms with E-state index in [2.05, 4.69) is 21.9 Å². The van der Waals surface area contributed by atoms with Crippen molar-refractivity contribution in [3.8, 4) is 22.8 Å². The molecule has 14 nitrogen and oxygen atoms in total. The molecule has 340 valence electrons. The summed E-state index contributed by atoms with van der Waals surface area (Å²) in [6.45, 7) is 14.1. The fraction of sp³-hybridized carbons (Fsp3) is 0.438. The molecule has 4 aromatic rings. The molecule has 0 radical (unpaired) electrons. The topological polar surface area (TPSA) is 182 Å². The lowest BCUT2D eigenvalue weighted by atomic mass is 9.85. The second-order valence-corrected chi connectivity index (χ2v) is 21.2. The molecule has 0 unspecified atom stereocenters. The van der Waals surface area contributed by atoms with Crippen LogP contribution in [0.15, 0.2) is 91.5 Å². The first-order valence-corrected chi connectivity index (χ1v) is 22.8. The molecule has 2 heterocycles. The highest BCUT2D eigenvalue weighted by Crippen LogP contribution is 2.49. The number of pyridine rings is 1. The van der Waals surface area contributed by atoms with E-state index in [9.17, 15) is 32.0 Å². The van der Waals surface area contributed by atoms with Crippen LogP contribution in [0, 0.1) is 17.2 Å². The summed E-state index contributed by atoms with van der Waals surface area (Å²) in [5.41, 5.74) is -1.22. The van der Waals surface area contributed by atoms with E-state index in [1.165, 1.54) is 29.2 Å². The lowest BCUT2D eigenvalue weighted by Gasteiger charge is -2.36. The van der Waals surface area contributed by atoms with Gasteiger partial charge in [0.15, 0.2) is 0 Å². The van der Waals surface area contributed by atoms with Gasteiger partial charge in [-0.3, -0.25) is 19.1 Å². The van der Waals surface area contributed by atoms with E-state index in [0.717, 1.165) is 5.56 Å². The first-order valence-electron chi connectivity index (χ1n) is 21.3. The van der Waals surface area contributed by atoms with Gasteiger partial charge in [-0.05, 0) is 75.6 Å². The second kappa shape index (κ2) is 17.2. The highest BCUT2D eigenvalue weighted by Gasteiger charge is 2.64. The summed E-state index contributed by atoms with van der Waals surface area (Å²) in [5.74, 6) is -2.46. The number of aromatic nitrogens is 1. The third-order valence-corrected chi connectivity index (χ3v) is 14.2. The number of amides is 4. The second-order valence-electron chi connectivity index (χ2n) is 19.1. The van der Waals surface area contributed by atoms with E-state index in [-0.39, 0.29) is 44.2 Å². The number of benzene rings is 3. The summed E-state index contributed by atoms with van der Waals surface area (Å²) in [6.07, 6.45) is 0.163. The van der Waals surface area contributed by atoms with Crippen LogP contribution in [-0.4, -0.2) is 89.8 Å². The van der Waals surface area contributed by atoms with Gasteiger partial charge >= 0.3 is 6.09 Å². The molecule has 7 rings (SSSR count). The number of carbonyl (C=O) groups excluding carboxylic acids is 4. The summed E-state index contributed by atoms with van der Waals surface area (Å²) in [5, 5.41) is 6.20. The molecule has 64 heavy (non-hydrogen) atoms. The highest BCUT2D eigenvalue weighted by molar-refractivity contribution is 7.91. The molecule has 16 heteroatoms. The Bertz CT molecular complexity index is 2590. The van der Waals surface area contributed by atoms with E-state index in [1.54, 1.807) is 72.9 Å². The van der Waals surface area contributed by atoms with Crippen LogP contribution in [-0.2, 0) is 35.6 Å². The molecule has 5 atom stereocenters. The molecule has 1 saturated heterocycles. The van der Waals surface area contributed by atoms with E-state index in [1.807, 2.05) is 36.4 Å². The number of hydrogen-bond donors (Lipinski definition) is 3. The van der Waals surface area contributed by atoms with Crippen LogP contribution in [0.3, 0.4) is 0 Å². The molecule has 4 amide bonds. The summed E-state index contributed by atoms with van der Waals surface area (Å²) < 4.78 is 61.0. The molecular weight excluding hydrogens is 842 g/mol. The average molecular weight is 898 g/mol. The number of halogens is 1. The number of alkyl carbamates (subject to hydrolysis) is 1. The molecular formula is C48H56FN5O9S. The summed E-state index contributed by atoms with van der Waals surface area (Å²) in [6, 6.07) is 20.2. The molecule has 2 saturated carbocycles. The van der Waals surface area contributed by atoms with Gasteiger partial charge in [0, 0.05) is 35.4 Å². The largest absolute Gasteiger partial charge is 0.497 e. The zero-order chi connectivity index (χ0) is 46.4. The maximum absolute atomic E-state index is 14.8. The van der Waals surface area contributed by atoms with E-state index in [4.69, 9.17) is 19.2 Å². The van der Waals surface area contributed by atoms with Crippen LogP contribution >= 0.6 is 0 Å². The van der Waals surface area contributed by atoms with Gasteiger partial charge in [0.25, 0.3) is 5.91 Å². The molecule has 1 aromatic heterocycles. The lowest BCUT2D eigenvalue weighted by Crippen LogP contribution is -2.60. The number of sulfonamides is 1. The monoisotopic (exact) mass is 897 g/mol. The van der Waals surface area contributed by atoms with Crippen LogP contribution < -0.4 is 24.8 Å². The minimum atomic E-state index is -4.36. The number of methoxy groups -OCH3 is 1. The number of ether oxygens (including phenoxy) is 3. The third-order valence-electron chi connectivity index (χ3n) is 12.1. The van der Waals surface area contributed by atoms with Gasteiger partial charge in [0.05, 0.1) is 29.6 Å². The van der Waals surface area contributed by atoms with Crippen molar-refractivity contribution in [2.24, 2.45) is 11.3 Å². The number of hydrogen-bond acceptors (Lipinski definition) is 10. The number of nitrogens with one attached hydrogen (secondary N) is 3. The van der Waals surface area contributed by atoms with Gasteiger partial charge in [-0.2, -0.15) is 0 Å². The van der Waals surface area contributed by atoms with Gasteiger partial charge in [-0.1, -0.05) is 75.4 Å². The third kappa shape index (κ3) is 9.57. The Morgan fingerprint density at radius 3 is 2.28 bits per heavy atom. The molecule has 0 spiro atoms. The maximum atomic E-state index is 14.8. The normalized spacial score (nSPS) is 21.9. The molecule has 2 aliphatic carbocycles. The Labute approximate surface area is 373 Å². The van der Waals surface area contributed by atoms with Crippen molar-refractivity contribution in [3.63, 3.8) is 0 Å². The first kappa shape index (κ1) is 46.0. The Hall–Kier alpha value is -6.03. The minimum Gasteiger partial charge on any atom is -0.497 e. The zero-order valence-corrected chi connectivity index (χ0v) is 38.0. The van der Waals surface area contributed by atoms with Gasteiger partial charge in [0.1, 0.15) is 46.6 Å². The summed E-state index contributed by atoms with van der Waals surface area (Å²) in [4.78, 5) is 63.1. The van der Waals surface area contributed by atoms with Crippen LogP contribution in [0.4, 0.5) is 9.18 Å². The highest BCUT2D eigenvalue weighted by atomic mass is 32.2. The fourth-order valence-corrected chi connectivity index (χ4v) is 9.91. The average Bonchev–Trinajstić information content (AvgIpc) is 4.14. The number of likely N-dealkylation sites (tertiary alicyclic amines) is 1.